The van der Waals surface area contributed by atoms with E-state index in [9.17, 15) is 19.1 Å². The normalized spacial score (nSPS) is 19.3. The fourth-order valence-electron chi connectivity index (χ4n) is 6.43. The van der Waals surface area contributed by atoms with Crippen LogP contribution in [-0.2, 0) is 27.2 Å². The first-order chi connectivity index (χ1) is 22.2. The molecule has 3 aromatic rings. The van der Waals surface area contributed by atoms with Gasteiger partial charge in [0.25, 0.3) is 0 Å². The second kappa shape index (κ2) is 15.0. The molecule has 2 heterocycles. The highest BCUT2D eigenvalue weighted by molar-refractivity contribution is 5.94. The van der Waals surface area contributed by atoms with Gasteiger partial charge < -0.3 is 29.4 Å². The highest BCUT2D eigenvalue weighted by atomic mass is 19.1. The van der Waals surface area contributed by atoms with Crippen molar-refractivity contribution in [1.82, 2.24) is 4.90 Å². The molecule has 1 unspecified atom stereocenters. The van der Waals surface area contributed by atoms with Crippen LogP contribution in [0.5, 0.6) is 17.2 Å². The van der Waals surface area contributed by atoms with Gasteiger partial charge in [-0.15, -0.1) is 0 Å². The van der Waals surface area contributed by atoms with Gasteiger partial charge in [0.15, 0.2) is 11.5 Å². The van der Waals surface area contributed by atoms with Crippen LogP contribution < -0.4 is 19.5 Å². The Labute approximate surface area is 269 Å². The topological polar surface area (TPSA) is 107 Å². The highest BCUT2D eigenvalue weighted by Crippen LogP contribution is 2.47. The molecule has 46 heavy (non-hydrogen) atoms. The van der Waals surface area contributed by atoms with E-state index in [0.717, 1.165) is 22.3 Å². The number of nitrogens with zero attached hydrogens (tertiary/aromatic N) is 1. The summed E-state index contributed by atoms with van der Waals surface area (Å²) in [5.74, 6) is -1.03. The Kier molecular flexibility index (Phi) is 10.8. The summed E-state index contributed by atoms with van der Waals surface area (Å²) in [6.07, 6.45) is 1.22. The molecule has 2 N–H and O–H groups in total. The van der Waals surface area contributed by atoms with Crippen LogP contribution in [0.25, 0.3) is 0 Å². The van der Waals surface area contributed by atoms with E-state index in [0.29, 0.717) is 68.7 Å². The zero-order chi connectivity index (χ0) is 32.8. The van der Waals surface area contributed by atoms with Crippen LogP contribution in [-0.4, -0.2) is 67.5 Å². The number of fused-ring (bicyclic) bond motifs is 1. The van der Waals surface area contributed by atoms with Gasteiger partial charge in [0.1, 0.15) is 31.4 Å². The number of carboxylic acids is 1. The largest absolute Gasteiger partial charge is 0.491 e. The lowest BCUT2D eigenvalue weighted by molar-refractivity contribution is -0.143. The van der Waals surface area contributed by atoms with Crippen molar-refractivity contribution in [3.05, 3.63) is 82.7 Å². The zero-order valence-electron chi connectivity index (χ0n) is 26.9. The summed E-state index contributed by atoms with van der Waals surface area (Å²) in [6, 6.07) is 15.2. The van der Waals surface area contributed by atoms with Gasteiger partial charge in [0, 0.05) is 24.2 Å². The molecule has 0 bridgehead atoms. The van der Waals surface area contributed by atoms with Gasteiger partial charge in [-0.05, 0) is 85.3 Å². The Hall–Kier alpha value is -4.15. The number of halogens is 1. The summed E-state index contributed by atoms with van der Waals surface area (Å²) >= 11 is 0. The summed E-state index contributed by atoms with van der Waals surface area (Å²) in [7, 11) is 0. The molecule has 0 aliphatic carbocycles. The molecule has 1 fully saturated rings. The van der Waals surface area contributed by atoms with Crippen molar-refractivity contribution < 1.29 is 38.0 Å². The van der Waals surface area contributed by atoms with Crippen LogP contribution in [0.3, 0.4) is 0 Å². The standard InChI is InChI=1S/C36H43FN2O7/c1-5-23-17-27(37)18-24(6-2)34(23)38-32(40)21-39-20-29(26-9-12-30-31(19-26)46-16-15-45-30)33(36(41)42)35(39)25-7-10-28(11-8-25)44-14-13-43-22(3)4/h7-12,17-19,22,29,33,35H,5-6,13-16,20-21H2,1-4H3,(H,38,40)(H,41,42)/t29-,33?,35+/m1/s1. The lowest BCUT2D eigenvalue weighted by Gasteiger charge is -2.27. The lowest BCUT2D eigenvalue weighted by Crippen LogP contribution is -2.35. The number of carboxylic acid groups (broad SMARTS) is 1. The van der Waals surface area contributed by atoms with Gasteiger partial charge in [-0.3, -0.25) is 14.5 Å². The highest BCUT2D eigenvalue weighted by Gasteiger charge is 2.48. The minimum absolute atomic E-state index is 0.0516. The predicted octanol–water partition coefficient (Wildman–Crippen LogP) is 6.01. The van der Waals surface area contributed by atoms with E-state index in [1.807, 2.05) is 75.1 Å². The molecule has 0 saturated carbocycles. The summed E-state index contributed by atoms with van der Waals surface area (Å²) < 4.78 is 37.1. The van der Waals surface area contributed by atoms with Crippen molar-refractivity contribution in [3.8, 4) is 17.2 Å². The fraction of sp³-hybridized carbons (Fsp3) is 0.444. The molecular formula is C36H43FN2O7. The molecule has 0 spiro atoms. The molecular weight excluding hydrogens is 591 g/mol. The fourth-order valence-corrected chi connectivity index (χ4v) is 6.43. The van der Waals surface area contributed by atoms with E-state index >= 15 is 0 Å². The molecule has 0 radical (unpaired) electrons. The number of nitrogens with one attached hydrogen (secondary N) is 1. The van der Waals surface area contributed by atoms with Crippen molar-refractivity contribution in [1.29, 1.82) is 0 Å². The van der Waals surface area contributed by atoms with Crippen molar-refractivity contribution in [2.75, 3.05) is 44.8 Å². The van der Waals surface area contributed by atoms with E-state index in [1.165, 1.54) is 12.1 Å². The van der Waals surface area contributed by atoms with Crippen molar-refractivity contribution in [2.45, 2.75) is 58.6 Å². The van der Waals surface area contributed by atoms with Crippen LogP contribution >= 0.6 is 0 Å². The summed E-state index contributed by atoms with van der Waals surface area (Å²) in [5.41, 5.74) is 3.62. The first-order valence-electron chi connectivity index (χ1n) is 16.0. The minimum Gasteiger partial charge on any atom is -0.491 e. The van der Waals surface area contributed by atoms with Crippen molar-refractivity contribution in [2.24, 2.45) is 5.92 Å². The molecule has 3 aromatic carbocycles. The number of ether oxygens (including phenoxy) is 4. The molecule has 0 aromatic heterocycles. The maximum atomic E-state index is 14.3. The van der Waals surface area contributed by atoms with Crippen molar-refractivity contribution in [3.63, 3.8) is 0 Å². The van der Waals surface area contributed by atoms with Gasteiger partial charge >= 0.3 is 5.97 Å². The van der Waals surface area contributed by atoms with Crippen LogP contribution in [0.4, 0.5) is 10.1 Å². The summed E-state index contributed by atoms with van der Waals surface area (Å²) in [4.78, 5) is 28.6. The number of amides is 1. The molecule has 246 valence electrons. The monoisotopic (exact) mass is 634 g/mol. The lowest BCUT2D eigenvalue weighted by atomic mass is 9.82. The number of likely N-dealkylation sites (tertiary alicyclic amines) is 1. The third-order valence-corrected chi connectivity index (χ3v) is 8.54. The second-order valence-corrected chi connectivity index (χ2v) is 11.9. The van der Waals surface area contributed by atoms with Crippen molar-refractivity contribution >= 4 is 17.6 Å². The van der Waals surface area contributed by atoms with E-state index in [-0.39, 0.29) is 24.4 Å². The Morgan fingerprint density at radius 3 is 2.24 bits per heavy atom. The average Bonchev–Trinajstić information content (AvgIpc) is 3.42. The van der Waals surface area contributed by atoms with E-state index in [2.05, 4.69) is 5.32 Å². The number of carbonyl (C=O) groups is 2. The Morgan fingerprint density at radius 2 is 1.61 bits per heavy atom. The number of aliphatic carboxylic acids is 1. The third kappa shape index (κ3) is 7.62. The van der Waals surface area contributed by atoms with Gasteiger partial charge in [-0.25, -0.2) is 4.39 Å². The Balaban J connectivity index is 1.44. The van der Waals surface area contributed by atoms with E-state index in [1.54, 1.807) is 0 Å². The number of hydrogen-bond donors (Lipinski definition) is 2. The van der Waals surface area contributed by atoms with E-state index < -0.39 is 23.8 Å². The quantitative estimate of drug-likeness (QED) is 0.221. The maximum absolute atomic E-state index is 14.3. The number of hydrogen-bond acceptors (Lipinski definition) is 7. The SMILES string of the molecule is CCc1cc(F)cc(CC)c1NC(=O)CN1C[C@H](c2ccc3c(c2)OCCO3)C(C(=O)O)[C@@H]1c1ccc(OCCOC(C)C)cc1. The van der Waals surface area contributed by atoms with Gasteiger partial charge in [0.05, 0.1) is 25.2 Å². The number of benzene rings is 3. The minimum atomic E-state index is -0.959. The van der Waals surface area contributed by atoms with Crippen LogP contribution in [0.2, 0.25) is 0 Å². The number of aryl methyl sites for hydroxylation is 2. The Bertz CT molecular complexity index is 1500. The molecule has 5 rings (SSSR count). The third-order valence-electron chi connectivity index (χ3n) is 8.54. The molecule has 3 atom stereocenters. The molecule has 2 aliphatic rings. The Morgan fingerprint density at radius 1 is 0.957 bits per heavy atom. The number of rotatable bonds is 13. The molecule has 2 aliphatic heterocycles. The molecule has 10 heteroatoms. The van der Waals surface area contributed by atoms with E-state index in [4.69, 9.17) is 18.9 Å². The first kappa shape index (κ1) is 33.2. The maximum Gasteiger partial charge on any atom is 0.309 e. The van der Waals surface area contributed by atoms with Crippen LogP contribution in [0.1, 0.15) is 61.9 Å². The molecule has 9 nitrogen and oxygen atoms in total. The summed E-state index contributed by atoms with van der Waals surface area (Å²) in [5, 5.41) is 13.7. The van der Waals surface area contributed by atoms with Gasteiger partial charge in [0.2, 0.25) is 5.91 Å². The van der Waals surface area contributed by atoms with Crippen LogP contribution in [0, 0.1) is 11.7 Å². The number of carbonyl (C=O) groups excluding carboxylic acids is 1. The predicted molar refractivity (Wildman–Crippen MR) is 172 cm³/mol. The second-order valence-electron chi connectivity index (χ2n) is 11.9. The smallest absolute Gasteiger partial charge is 0.309 e. The first-order valence-corrected chi connectivity index (χ1v) is 16.0. The zero-order valence-corrected chi connectivity index (χ0v) is 26.9. The average molecular weight is 635 g/mol. The molecule has 1 amide bonds. The summed E-state index contributed by atoms with van der Waals surface area (Å²) in [6.45, 7) is 9.75. The van der Waals surface area contributed by atoms with Gasteiger partial charge in [-0.1, -0.05) is 32.0 Å². The number of anilines is 1. The molecule has 1 saturated heterocycles. The van der Waals surface area contributed by atoms with Gasteiger partial charge in [-0.2, -0.15) is 0 Å². The van der Waals surface area contributed by atoms with Crippen LogP contribution in [0.15, 0.2) is 54.6 Å².